The third-order valence-corrected chi connectivity index (χ3v) is 5.39. The molecule has 0 saturated carbocycles. The molecule has 0 radical (unpaired) electrons. The van der Waals surface area contributed by atoms with Crippen LogP contribution in [0.4, 0.5) is 0 Å². The SMILES string of the molecule is Cc1cc2oc3c(c(=O)c2cc1Cl)[C@H](c1cccc(Cl)c1)N(CCO)C3=O. The summed E-state index contributed by atoms with van der Waals surface area (Å²) in [6.07, 6.45) is 0. The lowest BCUT2D eigenvalue weighted by Crippen LogP contribution is -2.32. The molecule has 27 heavy (non-hydrogen) atoms. The number of rotatable bonds is 3. The summed E-state index contributed by atoms with van der Waals surface area (Å²) >= 11 is 12.3. The number of carbonyl (C=O) groups is 1. The van der Waals surface area contributed by atoms with E-state index in [-0.39, 0.29) is 29.9 Å². The van der Waals surface area contributed by atoms with Crippen molar-refractivity contribution < 1.29 is 14.3 Å². The Hall–Kier alpha value is -2.34. The molecule has 1 aliphatic rings. The lowest BCUT2D eigenvalue weighted by Gasteiger charge is -2.24. The summed E-state index contributed by atoms with van der Waals surface area (Å²) in [5, 5.41) is 10.7. The van der Waals surface area contributed by atoms with E-state index in [1.165, 1.54) is 4.90 Å². The molecule has 3 aromatic rings. The molecule has 7 heteroatoms. The van der Waals surface area contributed by atoms with E-state index in [1.54, 1.807) is 43.3 Å². The second-order valence-electron chi connectivity index (χ2n) is 6.45. The Kier molecular flexibility index (Phi) is 4.46. The van der Waals surface area contributed by atoms with Crippen molar-refractivity contribution in [2.45, 2.75) is 13.0 Å². The number of amides is 1. The Bertz CT molecular complexity index is 1140. The van der Waals surface area contributed by atoms with Crippen LogP contribution in [0.15, 0.2) is 45.6 Å². The minimum atomic E-state index is -0.681. The van der Waals surface area contributed by atoms with Gasteiger partial charge in [0.2, 0.25) is 5.76 Å². The highest BCUT2D eigenvalue weighted by atomic mass is 35.5. The maximum atomic E-state index is 13.3. The molecule has 1 N–H and O–H groups in total. The highest BCUT2D eigenvalue weighted by Crippen LogP contribution is 2.39. The number of aryl methyl sites for hydroxylation is 1. The van der Waals surface area contributed by atoms with Gasteiger partial charge in [-0.2, -0.15) is 0 Å². The van der Waals surface area contributed by atoms with Crippen molar-refractivity contribution in [1.29, 1.82) is 0 Å². The Labute approximate surface area is 164 Å². The Balaban J connectivity index is 2.04. The van der Waals surface area contributed by atoms with Crippen LogP contribution in [0.2, 0.25) is 10.0 Å². The summed E-state index contributed by atoms with van der Waals surface area (Å²) in [5.41, 5.74) is 1.66. The van der Waals surface area contributed by atoms with Gasteiger partial charge in [0, 0.05) is 16.6 Å². The summed E-state index contributed by atoms with van der Waals surface area (Å²) in [7, 11) is 0. The second kappa shape index (κ2) is 6.68. The molecular formula is C20H15Cl2NO4. The lowest BCUT2D eigenvalue weighted by atomic mass is 9.98. The van der Waals surface area contributed by atoms with Crippen LogP contribution in [0.5, 0.6) is 0 Å². The number of β-amino-alcohol motifs (C(OH)–C–C–N with tert-alkyl or cyclic N) is 1. The molecule has 0 unspecified atom stereocenters. The van der Waals surface area contributed by atoms with E-state index in [1.807, 2.05) is 0 Å². The van der Waals surface area contributed by atoms with Crippen LogP contribution in [0.3, 0.4) is 0 Å². The smallest absolute Gasteiger partial charge is 0.290 e. The maximum Gasteiger partial charge on any atom is 0.290 e. The van der Waals surface area contributed by atoms with E-state index in [9.17, 15) is 14.7 Å². The van der Waals surface area contributed by atoms with Gasteiger partial charge in [-0.15, -0.1) is 0 Å². The molecule has 4 rings (SSSR count). The van der Waals surface area contributed by atoms with E-state index in [0.29, 0.717) is 26.6 Å². The van der Waals surface area contributed by atoms with E-state index < -0.39 is 11.9 Å². The van der Waals surface area contributed by atoms with E-state index in [2.05, 4.69) is 0 Å². The molecule has 0 spiro atoms. The molecule has 0 bridgehead atoms. The summed E-state index contributed by atoms with van der Waals surface area (Å²) in [5.74, 6) is -0.441. The number of fused-ring (bicyclic) bond motifs is 2. The van der Waals surface area contributed by atoms with Gasteiger partial charge < -0.3 is 14.4 Å². The number of benzene rings is 2. The van der Waals surface area contributed by atoms with Crippen LogP contribution in [-0.2, 0) is 0 Å². The van der Waals surface area contributed by atoms with Crippen molar-refractivity contribution >= 4 is 40.1 Å². The average Bonchev–Trinajstić information content (AvgIpc) is 2.90. The average molecular weight is 404 g/mol. The van der Waals surface area contributed by atoms with Crippen LogP contribution in [0.1, 0.15) is 33.3 Å². The Morgan fingerprint density at radius 1 is 1.19 bits per heavy atom. The highest BCUT2D eigenvalue weighted by molar-refractivity contribution is 6.32. The minimum absolute atomic E-state index is 0.00681. The van der Waals surface area contributed by atoms with Gasteiger partial charge in [-0.1, -0.05) is 35.3 Å². The summed E-state index contributed by atoms with van der Waals surface area (Å²) in [6, 6.07) is 9.48. The van der Waals surface area contributed by atoms with Gasteiger partial charge in [-0.3, -0.25) is 9.59 Å². The van der Waals surface area contributed by atoms with E-state index in [4.69, 9.17) is 27.6 Å². The van der Waals surface area contributed by atoms with Crippen LogP contribution in [0, 0.1) is 6.92 Å². The first-order valence-electron chi connectivity index (χ1n) is 8.36. The number of hydrogen-bond acceptors (Lipinski definition) is 4. The number of aliphatic hydroxyl groups is 1. The summed E-state index contributed by atoms with van der Waals surface area (Å²) < 4.78 is 5.83. The molecule has 0 fully saturated rings. The van der Waals surface area contributed by atoms with Crippen LogP contribution >= 0.6 is 23.2 Å². The molecule has 0 aliphatic carbocycles. The first kappa shape index (κ1) is 18.0. The number of aliphatic hydroxyl groups excluding tert-OH is 1. The predicted octanol–water partition coefficient (Wildman–Crippen LogP) is 3.95. The minimum Gasteiger partial charge on any atom is -0.450 e. The van der Waals surface area contributed by atoms with Gasteiger partial charge in [0.15, 0.2) is 5.43 Å². The number of carbonyl (C=O) groups excluding carboxylic acids is 1. The molecule has 138 valence electrons. The standard InChI is InChI=1S/C20H15Cl2NO4/c1-10-7-15-13(9-14(10)22)18(25)16-17(11-3-2-4-12(21)8-11)23(5-6-24)20(26)19(16)27-15/h2-4,7-9,17,24H,5-6H2,1H3/t17-/m0/s1. The molecule has 2 aromatic carbocycles. The lowest BCUT2D eigenvalue weighted by molar-refractivity contribution is 0.0691. The third-order valence-electron chi connectivity index (χ3n) is 4.75. The molecular weight excluding hydrogens is 389 g/mol. The third kappa shape index (κ3) is 2.83. The molecule has 2 heterocycles. The topological polar surface area (TPSA) is 70.8 Å². The van der Waals surface area contributed by atoms with Crippen LogP contribution in [-0.4, -0.2) is 29.1 Å². The van der Waals surface area contributed by atoms with Crippen LogP contribution < -0.4 is 5.43 Å². The first-order valence-corrected chi connectivity index (χ1v) is 9.12. The molecule has 1 aromatic heterocycles. The number of nitrogens with zero attached hydrogens (tertiary/aromatic N) is 1. The van der Waals surface area contributed by atoms with Crippen molar-refractivity contribution in [2.24, 2.45) is 0 Å². The maximum absolute atomic E-state index is 13.3. The van der Waals surface area contributed by atoms with Crippen LogP contribution in [0.25, 0.3) is 11.0 Å². The normalized spacial score (nSPS) is 16.2. The Morgan fingerprint density at radius 2 is 1.96 bits per heavy atom. The van der Waals surface area contributed by atoms with Gasteiger partial charge in [0.05, 0.1) is 23.6 Å². The zero-order chi connectivity index (χ0) is 19.3. The summed E-state index contributed by atoms with van der Waals surface area (Å²) in [4.78, 5) is 27.6. The molecule has 0 saturated heterocycles. The fraction of sp³-hybridized carbons (Fsp3) is 0.200. The van der Waals surface area contributed by atoms with Crippen molar-refractivity contribution in [3.63, 3.8) is 0 Å². The number of halogens is 2. The van der Waals surface area contributed by atoms with Crippen molar-refractivity contribution in [3.8, 4) is 0 Å². The van der Waals surface area contributed by atoms with E-state index in [0.717, 1.165) is 5.56 Å². The monoisotopic (exact) mass is 403 g/mol. The zero-order valence-corrected chi connectivity index (χ0v) is 15.8. The summed E-state index contributed by atoms with van der Waals surface area (Å²) in [6.45, 7) is 1.62. The van der Waals surface area contributed by atoms with Crippen molar-refractivity contribution in [1.82, 2.24) is 4.90 Å². The molecule has 1 aliphatic heterocycles. The van der Waals surface area contributed by atoms with Crippen molar-refractivity contribution in [2.75, 3.05) is 13.2 Å². The molecule has 1 amide bonds. The van der Waals surface area contributed by atoms with E-state index >= 15 is 0 Å². The zero-order valence-electron chi connectivity index (χ0n) is 14.3. The highest BCUT2D eigenvalue weighted by Gasteiger charge is 2.42. The fourth-order valence-corrected chi connectivity index (χ4v) is 3.86. The fourth-order valence-electron chi connectivity index (χ4n) is 3.50. The number of hydrogen-bond donors (Lipinski definition) is 1. The van der Waals surface area contributed by atoms with Gasteiger partial charge in [0.25, 0.3) is 5.91 Å². The molecule has 5 nitrogen and oxygen atoms in total. The van der Waals surface area contributed by atoms with Gasteiger partial charge in [-0.25, -0.2) is 0 Å². The van der Waals surface area contributed by atoms with Gasteiger partial charge in [-0.05, 0) is 42.3 Å². The van der Waals surface area contributed by atoms with Crippen molar-refractivity contribution in [3.05, 3.63) is 79.1 Å². The molecule has 1 atom stereocenters. The largest absolute Gasteiger partial charge is 0.450 e. The quantitative estimate of drug-likeness (QED) is 0.718. The van der Waals surface area contributed by atoms with Gasteiger partial charge >= 0.3 is 0 Å². The predicted molar refractivity (Wildman–Crippen MR) is 104 cm³/mol. The Morgan fingerprint density at radius 3 is 2.67 bits per heavy atom. The van der Waals surface area contributed by atoms with Gasteiger partial charge in [0.1, 0.15) is 5.58 Å². The first-order chi connectivity index (χ1) is 12.9. The second-order valence-corrected chi connectivity index (χ2v) is 7.29.